The molecule has 0 rings (SSSR count). The summed E-state index contributed by atoms with van der Waals surface area (Å²) in [5.41, 5.74) is 0.314. The van der Waals surface area contributed by atoms with Gasteiger partial charge in [-0.1, -0.05) is 13.3 Å². The molecule has 0 aliphatic rings. The van der Waals surface area contributed by atoms with Crippen molar-refractivity contribution in [2.75, 3.05) is 6.54 Å². The Bertz CT molecular complexity index is 119. The van der Waals surface area contributed by atoms with Gasteiger partial charge in [-0.25, -0.2) is 0 Å². The molecule has 2 nitrogen and oxygen atoms in total. The van der Waals surface area contributed by atoms with Crippen molar-refractivity contribution in [3.8, 4) is 0 Å². The molecule has 0 saturated carbocycles. The van der Waals surface area contributed by atoms with E-state index in [1.807, 2.05) is 14.9 Å². The first kappa shape index (κ1) is 10.8. The second-order valence-electron chi connectivity index (χ2n) is 3.11. The number of rotatable bonds is 6. The Balaban J connectivity index is 3.17. The summed E-state index contributed by atoms with van der Waals surface area (Å²) in [5, 5.41) is 3.09. The van der Waals surface area contributed by atoms with Crippen molar-refractivity contribution in [1.29, 1.82) is 0 Å². The van der Waals surface area contributed by atoms with Crippen LogP contribution in [0.1, 0.15) is 26.2 Å². The molecule has 11 heavy (non-hydrogen) atoms. The molecule has 0 fully saturated rings. The highest BCUT2D eigenvalue weighted by Gasteiger charge is 2.05. The van der Waals surface area contributed by atoms with Gasteiger partial charge in [0.05, 0.1) is 5.68 Å². The summed E-state index contributed by atoms with van der Waals surface area (Å²) >= 11 is 0. The lowest BCUT2D eigenvalue weighted by Gasteiger charge is -2.06. The number of unbranched alkanes of at least 4 members (excludes halogenated alkanes) is 1. The molecule has 1 atom stereocenters. The van der Waals surface area contributed by atoms with Gasteiger partial charge in [-0.15, -0.1) is 0 Å². The van der Waals surface area contributed by atoms with Crippen molar-refractivity contribution in [3.05, 3.63) is 0 Å². The molecule has 0 aliphatic carbocycles. The number of carbonyl (C=O) groups excluding carboxylic acids is 1. The molecular formula is C7H17B2NO. The van der Waals surface area contributed by atoms with Crippen LogP contribution in [0.2, 0.25) is 0 Å². The van der Waals surface area contributed by atoms with Gasteiger partial charge in [0.2, 0.25) is 0 Å². The summed E-state index contributed by atoms with van der Waals surface area (Å²) in [4.78, 5) is 10.8. The lowest BCUT2D eigenvalue weighted by Crippen LogP contribution is -2.12. The molecule has 0 spiro atoms. The zero-order chi connectivity index (χ0) is 8.69. The Kier molecular flexibility index (Phi) is 6.33. The van der Waals surface area contributed by atoms with Gasteiger partial charge in [0.15, 0.2) is 15.8 Å². The summed E-state index contributed by atoms with van der Waals surface area (Å²) < 4.78 is 0. The van der Waals surface area contributed by atoms with Gasteiger partial charge < -0.3 is 10.0 Å². The van der Waals surface area contributed by atoms with E-state index in [-0.39, 0.29) is 5.92 Å². The van der Waals surface area contributed by atoms with E-state index in [4.69, 9.17) is 0 Å². The standard InChI is InChI=1S/C7H17B2NO/c1-6(7(8)11)4-2-3-5-10-9/h6,10H,2-5,8-9H2,1H3/t6-/m0/s1. The van der Waals surface area contributed by atoms with Crippen molar-refractivity contribution in [3.63, 3.8) is 0 Å². The molecule has 62 valence electrons. The molecule has 1 N–H and O–H groups in total. The topological polar surface area (TPSA) is 29.1 Å². The van der Waals surface area contributed by atoms with Gasteiger partial charge in [-0.05, 0) is 19.4 Å². The molecular weight excluding hydrogens is 136 g/mol. The predicted octanol–water partition coefficient (Wildman–Crippen LogP) is -0.910. The molecule has 0 radical (unpaired) electrons. The van der Waals surface area contributed by atoms with Crippen LogP contribution < -0.4 is 5.23 Å². The van der Waals surface area contributed by atoms with Crippen molar-refractivity contribution in [2.24, 2.45) is 5.92 Å². The van der Waals surface area contributed by atoms with Crippen LogP contribution in [0, 0.1) is 5.92 Å². The van der Waals surface area contributed by atoms with E-state index in [0.717, 1.165) is 19.4 Å². The Morgan fingerprint density at radius 1 is 1.55 bits per heavy atom. The van der Waals surface area contributed by atoms with Crippen molar-refractivity contribution >= 4 is 21.5 Å². The molecule has 0 aromatic rings. The molecule has 0 aliphatic heterocycles. The Hall–Kier alpha value is -0.240. The second-order valence-corrected chi connectivity index (χ2v) is 3.11. The minimum atomic E-state index is 0.256. The van der Waals surface area contributed by atoms with E-state index in [2.05, 4.69) is 5.23 Å². The van der Waals surface area contributed by atoms with Crippen molar-refractivity contribution < 1.29 is 4.79 Å². The third-order valence-corrected chi connectivity index (χ3v) is 2.01. The van der Waals surface area contributed by atoms with Crippen LogP contribution in [0.3, 0.4) is 0 Å². The van der Waals surface area contributed by atoms with E-state index in [9.17, 15) is 4.79 Å². The minimum absolute atomic E-state index is 0.256. The van der Waals surface area contributed by atoms with Gasteiger partial charge in [0, 0.05) is 5.92 Å². The van der Waals surface area contributed by atoms with Crippen LogP contribution in [0.5, 0.6) is 0 Å². The van der Waals surface area contributed by atoms with Crippen molar-refractivity contribution in [1.82, 2.24) is 5.23 Å². The fraction of sp³-hybridized carbons (Fsp3) is 0.857. The SMILES string of the molecule is BNCCCC[C@H](C)C(B)=O. The zero-order valence-electron chi connectivity index (χ0n) is 7.81. The summed E-state index contributed by atoms with van der Waals surface area (Å²) in [6.07, 6.45) is 3.37. The van der Waals surface area contributed by atoms with Crippen LogP contribution in [-0.2, 0) is 4.79 Å². The maximum Gasteiger partial charge on any atom is 0.187 e. The molecule has 0 heterocycles. The van der Waals surface area contributed by atoms with Crippen LogP contribution in [0.25, 0.3) is 0 Å². The van der Waals surface area contributed by atoms with E-state index in [0.29, 0.717) is 5.68 Å². The van der Waals surface area contributed by atoms with E-state index in [1.54, 1.807) is 7.85 Å². The maximum absolute atomic E-state index is 10.8. The highest BCUT2D eigenvalue weighted by atomic mass is 16.1. The third kappa shape index (κ3) is 6.17. The van der Waals surface area contributed by atoms with Crippen molar-refractivity contribution in [2.45, 2.75) is 26.2 Å². The van der Waals surface area contributed by atoms with Crippen LogP contribution in [-0.4, -0.2) is 28.1 Å². The molecule has 0 unspecified atom stereocenters. The third-order valence-electron chi connectivity index (χ3n) is 2.01. The van der Waals surface area contributed by atoms with Crippen LogP contribution >= 0.6 is 0 Å². The summed E-state index contributed by atoms with van der Waals surface area (Å²) in [6, 6.07) is 0. The minimum Gasteiger partial charge on any atom is -0.362 e. The van der Waals surface area contributed by atoms with Gasteiger partial charge in [0.1, 0.15) is 0 Å². The molecule has 0 amide bonds. The van der Waals surface area contributed by atoms with Gasteiger partial charge >= 0.3 is 0 Å². The smallest absolute Gasteiger partial charge is 0.187 e. The lowest BCUT2D eigenvalue weighted by atomic mass is 9.87. The largest absolute Gasteiger partial charge is 0.362 e. The molecule has 0 aromatic carbocycles. The first-order valence-electron chi connectivity index (χ1n) is 4.33. The molecule has 4 heteroatoms. The fourth-order valence-electron chi connectivity index (χ4n) is 0.956. The Morgan fingerprint density at radius 3 is 2.64 bits per heavy atom. The zero-order valence-corrected chi connectivity index (χ0v) is 7.81. The number of nitrogens with one attached hydrogen (secondary N) is 1. The number of hydrogen-bond donors (Lipinski definition) is 1. The maximum atomic E-state index is 10.8. The Labute approximate surface area is 71.0 Å². The first-order chi connectivity index (χ1) is 5.18. The summed E-state index contributed by atoms with van der Waals surface area (Å²) in [5.74, 6) is 0.256. The van der Waals surface area contributed by atoms with E-state index < -0.39 is 0 Å². The average molecular weight is 153 g/mol. The normalized spacial score (nSPS) is 12.8. The quantitative estimate of drug-likeness (QED) is 0.395. The summed E-state index contributed by atoms with van der Waals surface area (Å²) in [7, 11) is 3.62. The van der Waals surface area contributed by atoms with Gasteiger partial charge in [-0.2, -0.15) is 0 Å². The first-order valence-corrected chi connectivity index (χ1v) is 4.33. The second kappa shape index (κ2) is 6.47. The number of carbonyl (C=O) groups is 1. The van der Waals surface area contributed by atoms with Crippen LogP contribution in [0.4, 0.5) is 0 Å². The number of hydrogen-bond acceptors (Lipinski definition) is 2. The average Bonchev–Trinajstić information content (AvgIpc) is 1.97. The fourth-order valence-corrected chi connectivity index (χ4v) is 0.956. The molecule has 0 saturated heterocycles. The molecule has 0 bridgehead atoms. The highest BCUT2D eigenvalue weighted by Crippen LogP contribution is 2.06. The van der Waals surface area contributed by atoms with Crippen LogP contribution in [0.15, 0.2) is 0 Å². The monoisotopic (exact) mass is 153 g/mol. The predicted molar refractivity (Wildman–Crippen MR) is 53.1 cm³/mol. The summed E-state index contributed by atoms with van der Waals surface area (Å²) in [6.45, 7) is 3.06. The Morgan fingerprint density at radius 2 is 2.18 bits per heavy atom. The van der Waals surface area contributed by atoms with E-state index in [1.165, 1.54) is 6.42 Å². The van der Waals surface area contributed by atoms with Gasteiger partial charge in [-0.3, -0.25) is 0 Å². The molecule has 0 aromatic heterocycles. The van der Waals surface area contributed by atoms with Gasteiger partial charge in [0.25, 0.3) is 0 Å². The lowest BCUT2D eigenvalue weighted by molar-refractivity contribution is -0.114. The van der Waals surface area contributed by atoms with E-state index >= 15 is 0 Å². The highest BCUT2D eigenvalue weighted by molar-refractivity contribution is 6.58.